The zero-order valence-electron chi connectivity index (χ0n) is 8.24. The van der Waals surface area contributed by atoms with Crippen LogP contribution in [0.25, 0.3) is 0 Å². The minimum Gasteiger partial charge on any atom is -0.329 e. The molecule has 1 atom stereocenters. The molecule has 0 aliphatic carbocycles. The third-order valence-corrected chi connectivity index (χ3v) is 2.49. The first kappa shape index (κ1) is 10.7. The van der Waals surface area contributed by atoms with Gasteiger partial charge < -0.3 is 4.90 Å². The van der Waals surface area contributed by atoms with Crippen molar-refractivity contribution in [2.75, 3.05) is 6.54 Å². The lowest BCUT2D eigenvalue weighted by molar-refractivity contribution is -0.135. The SMILES string of the molecule is C=CC(=O)C1CCCCN1C(=O)C=C. The van der Waals surface area contributed by atoms with Gasteiger partial charge in [-0.05, 0) is 31.4 Å². The van der Waals surface area contributed by atoms with Crippen LogP contribution in [0.1, 0.15) is 19.3 Å². The van der Waals surface area contributed by atoms with Gasteiger partial charge in [-0.25, -0.2) is 0 Å². The van der Waals surface area contributed by atoms with Gasteiger partial charge in [0.1, 0.15) is 0 Å². The van der Waals surface area contributed by atoms with E-state index in [0.717, 1.165) is 19.3 Å². The summed E-state index contributed by atoms with van der Waals surface area (Å²) in [4.78, 5) is 24.5. The van der Waals surface area contributed by atoms with Crippen molar-refractivity contribution in [1.82, 2.24) is 4.90 Å². The van der Waals surface area contributed by atoms with Crippen LogP contribution in [-0.2, 0) is 9.59 Å². The van der Waals surface area contributed by atoms with E-state index in [1.54, 1.807) is 4.90 Å². The molecule has 3 nitrogen and oxygen atoms in total. The molecule has 1 aliphatic rings. The van der Waals surface area contributed by atoms with Crippen LogP contribution in [0.15, 0.2) is 25.3 Å². The third kappa shape index (κ3) is 2.10. The summed E-state index contributed by atoms with van der Waals surface area (Å²) >= 11 is 0. The summed E-state index contributed by atoms with van der Waals surface area (Å²) in [5, 5.41) is 0. The Labute approximate surface area is 84.1 Å². The molecule has 1 amide bonds. The molecule has 0 saturated carbocycles. The number of hydrogen-bond acceptors (Lipinski definition) is 2. The molecule has 0 spiro atoms. The Hall–Kier alpha value is -1.38. The molecule has 14 heavy (non-hydrogen) atoms. The van der Waals surface area contributed by atoms with Crippen LogP contribution in [0.5, 0.6) is 0 Å². The van der Waals surface area contributed by atoms with E-state index < -0.39 is 0 Å². The van der Waals surface area contributed by atoms with E-state index >= 15 is 0 Å². The van der Waals surface area contributed by atoms with Crippen molar-refractivity contribution in [3.63, 3.8) is 0 Å². The summed E-state index contributed by atoms with van der Waals surface area (Å²) in [5.74, 6) is -0.232. The first-order chi connectivity index (χ1) is 6.70. The van der Waals surface area contributed by atoms with Gasteiger partial charge in [-0.3, -0.25) is 9.59 Å². The zero-order chi connectivity index (χ0) is 10.6. The van der Waals surface area contributed by atoms with Crippen LogP contribution >= 0.6 is 0 Å². The van der Waals surface area contributed by atoms with Gasteiger partial charge in [0.15, 0.2) is 5.78 Å². The molecule has 1 unspecified atom stereocenters. The van der Waals surface area contributed by atoms with Gasteiger partial charge in [-0.2, -0.15) is 0 Å². The number of likely N-dealkylation sites (tertiary alicyclic amines) is 1. The highest BCUT2D eigenvalue weighted by Gasteiger charge is 2.28. The molecule has 0 aromatic carbocycles. The van der Waals surface area contributed by atoms with E-state index in [1.807, 2.05) is 0 Å². The van der Waals surface area contributed by atoms with E-state index in [2.05, 4.69) is 13.2 Å². The second-order valence-electron chi connectivity index (χ2n) is 3.35. The van der Waals surface area contributed by atoms with Crippen molar-refractivity contribution in [3.05, 3.63) is 25.3 Å². The highest BCUT2D eigenvalue weighted by molar-refractivity contribution is 5.98. The molecule has 0 radical (unpaired) electrons. The molecular formula is C11H15NO2. The first-order valence-electron chi connectivity index (χ1n) is 4.80. The Bertz CT molecular complexity index is 242. The number of carbonyl (C=O) groups excluding carboxylic acids is 2. The second kappa shape index (κ2) is 4.74. The molecule has 0 N–H and O–H groups in total. The molecule has 1 rings (SSSR count). The van der Waals surface area contributed by atoms with Crippen molar-refractivity contribution in [1.29, 1.82) is 0 Å². The van der Waals surface area contributed by atoms with Crippen LogP contribution < -0.4 is 0 Å². The summed E-state index contributed by atoms with van der Waals surface area (Å²) in [6, 6.07) is -0.313. The maximum Gasteiger partial charge on any atom is 0.246 e. The van der Waals surface area contributed by atoms with Gasteiger partial charge in [0, 0.05) is 6.54 Å². The van der Waals surface area contributed by atoms with Crippen LogP contribution in [0.3, 0.4) is 0 Å². The number of ketones is 1. The molecule has 0 bridgehead atoms. The van der Waals surface area contributed by atoms with Crippen molar-refractivity contribution < 1.29 is 9.59 Å². The predicted octanol–water partition coefficient (Wildman–Crippen LogP) is 1.31. The van der Waals surface area contributed by atoms with E-state index in [9.17, 15) is 9.59 Å². The van der Waals surface area contributed by atoms with Crippen molar-refractivity contribution in [3.8, 4) is 0 Å². The Morgan fingerprint density at radius 1 is 1.21 bits per heavy atom. The standard InChI is InChI=1S/C11H15NO2/c1-3-10(13)9-7-5-6-8-12(9)11(14)4-2/h3-4,9H,1-2,5-8H2. The number of amides is 1. The molecule has 1 heterocycles. The van der Waals surface area contributed by atoms with Gasteiger partial charge >= 0.3 is 0 Å². The molecular weight excluding hydrogens is 178 g/mol. The zero-order valence-corrected chi connectivity index (χ0v) is 8.24. The van der Waals surface area contributed by atoms with Crippen molar-refractivity contribution in [2.45, 2.75) is 25.3 Å². The fraction of sp³-hybridized carbons (Fsp3) is 0.455. The monoisotopic (exact) mass is 193 g/mol. The lowest BCUT2D eigenvalue weighted by atomic mass is 9.98. The van der Waals surface area contributed by atoms with Crippen LogP contribution in [0.2, 0.25) is 0 Å². The Morgan fingerprint density at radius 3 is 2.50 bits per heavy atom. The summed E-state index contributed by atoms with van der Waals surface area (Å²) in [5.41, 5.74) is 0. The Morgan fingerprint density at radius 2 is 1.93 bits per heavy atom. The molecule has 0 aromatic heterocycles. The quantitative estimate of drug-likeness (QED) is 0.634. The lowest BCUT2D eigenvalue weighted by Gasteiger charge is -2.33. The predicted molar refractivity (Wildman–Crippen MR) is 54.8 cm³/mol. The highest BCUT2D eigenvalue weighted by atomic mass is 16.2. The number of nitrogens with zero attached hydrogens (tertiary/aromatic N) is 1. The molecule has 1 aliphatic heterocycles. The van der Waals surface area contributed by atoms with Crippen molar-refractivity contribution >= 4 is 11.7 Å². The summed E-state index contributed by atoms with van der Waals surface area (Å²) in [7, 11) is 0. The third-order valence-electron chi connectivity index (χ3n) is 2.49. The summed E-state index contributed by atoms with van der Waals surface area (Å²) in [6.45, 7) is 7.52. The summed E-state index contributed by atoms with van der Waals surface area (Å²) < 4.78 is 0. The Kier molecular flexibility index (Phi) is 3.63. The largest absolute Gasteiger partial charge is 0.329 e. The van der Waals surface area contributed by atoms with Gasteiger partial charge in [0.2, 0.25) is 5.91 Å². The van der Waals surface area contributed by atoms with Gasteiger partial charge in [0.05, 0.1) is 6.04 Å². The Balaban J connectivity index is 2.77. The fourth-order valence-electron chi connectivity index (χ4n) is 1.74. The fourth-order valence-corrected chi connectivity index (χ4v) is 1.74. The molecule has 1 fully saturated rings. The lowest BCUT2D eigenvalue weighted by Crippen LogP contribution is -2.46. The van der Waals surface area contributed by atoms with Crippen LogP contribution in [0, 0.1) is 0 Å². The smallest absolute Gasteiger partial charge is 0.246 e. The number of rotatable bonds is 3. The van der Waals surface area contributed by atoms with Crippen LogP contribution in [-0.4, -0.2) is 29.2 Å². The minimum atomic E-state index is -0.313. The molecule has 76 valence electrons. The van der Waals surface area contributed by atoms with Gasteiger partial charge in [-0.15, -0.1) is 0 Å². The van der Waals surface area contributed by atoms with E-state index in [4.69, 9.17) is 0 Å². The van der Waals surface area contributed by atoms with E-state index in [1.165, 1.54) is 12.2 Å². The first-order valence-corrected chi connectivity index (χ1v) is 4.80. The highest BCUT2D eigenvalue weighted by Crippen LogP contribution is 2.18. The average molecular weight is 193 g/mol. The summed E-state index contributed by atoms with van der Waals surface area (Å²) in [6.07, 6.45) is 5.24. The molecule has 1 saturated heterocycles. The average Bonchev–Trinajstić information content (AvgIpc) is 2.27. The second-order valence-corrected chi connectivity index (χ2v) is 3.35. The molecule has 3 heteroatoms. The van der Waals surface area contributed by atoms with Gasteiger partial charge in [0.25, 0.3) is 0 Å². The maximum atomic E-state index is 11.5. The van der Waals surface area contributed by atoms with Crippen molar-refractivity contribution in [2.24, 2.45) is 0 Å². The van der Waals surface area contributed by atoms with E-state index in [0.29, 0.717) is 6.54 Å². The number of carbonyl (C=O) groups is 2. The number of hydrogen-bond donors (Lipinski definition) is 0. The number of piperidine rings is 1. The maximum absolute atomic E-state index is 11.5. The minimum absolute atomic E-state index is 0.0695. The normalized spacial score (nSPS) is 21.4. The van der Waals surface area contributed by atoms with E-state index in [-0.39, 0.29) is 17.7 Å². The topological polar surface area (TPSA) is 37.4 Å². The van der Waals surface area contributed by atoms with Gasteiger partial charge in [-0.1, -0.05) is 13.2 Å². The van der Waals surface area contributed by atoms with Crippen LogP contribution in [0.4, 0.5) is 0 Å². The molecule has 0 aromatic rings.